The zero-order chi connectivity index (χ0) is 19.2. The molecule has 0 aliphatic heterocycles. The summed E-state index contributed by atoms with van der Waals surface area (Å²) in [6, 6.07) is 16.0. The molecule has 0 aromatic heterocycles. The summed E-state index contributed by atoms with van der Waals surface area (Å²) in [6.07, 6.45) is 3.82. The molecule has 0 saturated heterocycles. The molecule has 0 amide bonds. The number of hydrogen-bond donors (Lipinski definition) is 1. The Morgan fingerprint density at radius 2 is 1.08 bits per heavy atom. The first kappa shape index (κ1) is 23.2. The van der Waals surface area contributed by atoms with Crippen LogP contribution in [0.25, 0.3) is 11.1 Å². The summed E-state index contributed by atoms with van der Waals surface area (Å²) in [6.45, 7) is 15.2. The van der Waals surface area contributed by atoms with Crippen molar-refractivity contribution in [2.75, 3.05) is 0 Å². The van der Waals surface area contributed by atoms with Crippen molar-refractivity contribution in [1.82, 2.24) is 0 Å². The van der Waals surface area contributed by atoms with Gasteiger partial charge in [0.15, 0.2) is 0 Å². The third kappa shape index (κ3) is 8.77. The minimum atomic E-state index is 0.310. The van der Waals surface area contributed by atoms with E-state index in [9.17, 15) is 5.11 Å². The predicted octanol–water partition coefficient (Wildman–Crippen LogP) is 8.04. The molecular formula is C24H38O. The summed E-state index contributed by atoms with van der Waals surface area (Å²) in [7, 11) is 0. The van der Waals surface area contributed by atoms with Crippen molar-refractivity contribution >= 4 is 0 Å². The maximum atomic E-state index is 9.25. The Hall–Kier alpha value is -1.76. The largest absolute Gasteiger partial charge is 0.508 e. The van der Waals surface area contributed by atoms with Gasteiger partial charge in [0.25, 0.3) is 0 Å². The second-order valence-electron chi connectivity index (χ2n) is 6.40. The second-order valence-corrected chi connectivity index (χ2v) is 6.40. The SMILES string of the molecule is CC.CCC(C)CC.CCC(C)c1ccc(-c2ccc(O)cc2)cc1. The number of aromatic hydroxyl groups is 1. The van der Waals surface area contributed by atoms with Crippen LogP contribution in [0.4, 0.5) is 0 Å². The van der Waals surface area contributed by atoms with E-state index in [1.807, 2.05) is 26.0 Å². The minimum Gasteiger partial charge on any atom is -0.508 e. The fourth-order valence-corrected chi connectivity index (χ4v) is 2.18. The Labute approximate surface area is 156 Å². The van der Waals surface area contributed by atoms with Crippen molar-refractivity contribution in [3.63, 3.8) is 0 Å². The van der Waals surface area contributed by atoms with E-state index in [1.54, 1.807) is 12.1 Å². The van der Waals surface area contributed by atoms with Crippen LogP contribution < -0.4 is 0 Å². The first-order chi connectivity index (χ1) is 12.0. The second kappa shape index (κ2) is 13.5. The summed E-state index contributed by atoms with van der Waals surface area (Å²) in [5.41, 5.74) is 3.71. The van der Waals surface area contributed by atoms with E-state index in [1.165, 1.54) is 30.4 Å². The zero-order valence-electron chi connectivity index (χ0n) is 17.3. The predicted molar refractivity (Wildman–Crippen MR) is 113 cm³/mol. The summed E-state index contributed by atoms with van der Waals surface area (Å²) < 4.78 is 0. The molecule has 0 heterocycles. The highest BCUT2D eigenvalue weighted by Crippen LogP contribution is 2.25. The molecule has 0 aliphatic carbocycles. The average molecular weight is 343 g/mol. The number of hydrogen-bond acceptors (Lipinski definition) is 1. The molecule has 0 spiro atoms. The van der Waals surface area contributed by atoms with Crippen LogP contribution in [0, 0.1) is 5.92 Å². The van der Waals surface area contributed by atoms with Gasteiger partial charge in [-0.25, -0.2) is 0 Å². The number of benzene rings is 2. The van der Waals surface area contributed by atoms with E-state index >= 15 is 0 Å². The Balaban J connectivity index is 0.000000614. The van der Waals surface area contributed by atoms with Crippen molar-refractivity contribution in [2.45, 2.75) is 73.6 Å². The molecule has 1 heteroatoms. The maximum Gasteiger partial charge on any atom is 0.115 e. The summed E-state index contributed by atoms with van der Waals surface area (Å²) in [4.78, 5) is 0. The van der Waals surface area contributed by atoms with E-state index in [0.717, 1.165) is 11.5 Å². The molecule has 25 heavy (non-hydrogen) atoms. The minimum absolute atomic E-state index is 0.310. The van der Waals surface area contributed by atoms with Crippen molar-refractivity contribution in [3.8, 4) is 16.9 Å². The lowest BCUT2D eigenvalue weighted by Crippen LogP contribution is -1.90. The first-order valence-corrected chi connectivity index (χ1v) is 9.91. The van der Waals surface area contributed by atoms with Gasteiger partial charge >= 0.3 is 0 Å². The van der Waals surface area contributed by atoms with Gasteiger partial charge in [-0.1, -0.05) is 97.7 Å². The molecule has 1 nitrogen and oxygen atoms in total. The normalized spacial score (nSPS) is 11.0. The van der Waals surface area contributed by atoms with E-state index in [-0.39, 0.29) is 0 Å². The Bertz CT molecular complexity index is 535. The van der Waals surface area contributed by atoms with Crippen molar-refractivity contribution in [1.29, 1.82) is 0 Å². The van der Waals surface area contributed by atoms with Gasteiger partial charge in [0.05, 0.1) is 0 Å². The fourth-order valence-electron chi connectivity index (χ4n) is 2.18. The smallest absolute Gasteiger partial charge is 0.115 e. The molecule has 0 fully saturated rings. The van der Waals surface area contributed by atoms with Crippen molar-refractivity contribution < 1.29 is 5.11 Å². The highest BCUT2D eigenvalue weighted by Gasteiger charge is 2.03. The highest BCUT2D eigenvalue weighted by atomic mass is 16.3. The van der Waals surface area contributed by atoms with Crippen LogP contribution in [0.15, 0.2) is 48.5 Å². The van der Waals surface area contributed by atoms with Gasteiger partial charge in [-0.15, -0.1) is 0 Å². The van der Waals surface area contributed by atoms with Crippen LogP contribution in [0.3, 0.4) is 0 Å². The molecule has 140 valence electrons. The third-order valence-corrected chi connectivity index (χ3v) is 4.69. The lowest BCUT2D eigenvalue weighted by Gasteiger charge is -2.09. The molecule has 0 saturated carbocycles. The Kier molecular flexibility index (Phi) is 12.6. The van der Waals surface area contributed by atoms with E-state index < -0.39 is 0 Å². The van der Waals surface area contributed by atoms with Crippen LogP contribution in [0.1, 0.15) is 79.2 Å². The lowest BCUT2D eigenvalue weighted by atomic mass is 9.96. The fraction of sp³-hybridized carbons (Fsp3) is 0.500. The van der Waals surface area contributed by atoms with Gasteiger partial charge in [-0.05, 0) is 47.1 Å². The molecule has 2 rings (SSSR count). The monoisotopic (exact) mass is 342 g/mol. The third-order valence-electron chi connectivity index (χ3n) is 4.69. The summed E-state index contributed by atoms with van der Waals surface area (Å²) >= 11 is 0. The molecule has 0 radical (unpaired) electrons. The molecule has 1 atom stereocenters. The highest BCUT2D eigenvalue weighted by molar-refractivity contribution is 5.64. The Morgan fingerprint density at radius 3 is 1.40 bits per heavy atom. The number of phenols is 1. The van der Waals surface area contributed by atoms with E-state index in [4.69, 9.17) is 0 Å². The summed E-state index contributed by atoms with van der Waals surface area (Å²) in [5.74, 6) is 1.86. The standard InChI is InChI=1S/C16H18O.C6H14.C2H6/c1-3-12(2)13-4-6-14(7-5-13)15-8-10-16(17)11-9-15;1-4-6(3)5-2;1-2/h4-12,17H,3H2,1-2H3;6H,4-5H2,1-3H3;1-2H3. The lowest BCUT2D eigenvalue weighted by molar-refractivity contribution is 0.475. The number of phenolic OH excluding ortho intramolecular Hbond substituents is 1. The zero-order valence-corrected chi connectivity index (χ0v) is 17.3. The van der Waals surface area contributed by atoms with Crippen LogP contribution in [-0.2, 0) is 0 Å². The van der Waals surface area contributed by atoms with Crippen LogP contribution in [-0.4, -0.2) is 5.11 Å². The quantitative estimate of drug-likeness (QED) is 0.583. The van der Waals surface area contributed by atoms with Gasteiger partial charge in [-0.2, -0.15) is 0 Å². The molecule has 1 unspecified atom stereocenters. The first-order valence-electron chi connectivity index (χ1n) is 9.91. The molecular weight excluding hydrogens is 304 g/mol. The molecule has 1 N–H and O–H groups in total. The molecule has 2 aromatic carbocycles. The van der Waals surface area contributed by atoms with Gasteiger partial charge in [-0.3, -0.25) is 0 Å². The van der Waals surface area contributed by atoms with Crippen LogP contribution in [0.5, 0.6) is 5.75 Å². The number of rotatable bonds is 5. The van der Waals surface area contributed by atoms with Crippen LogP contribution >= 0.6 is 0 Å². The van der Waals surface area contributed by atoms with Crippen molar-refractivity contribution in [2.24, 2.45) is 5.92 Å². The van der Waals surface area contributed by atoms with E-state index in [0.29, 0.717) is 11.7 Å². The summed E-state index contributed by atoms with van der Waals surface area (Å²) in [5, 5.41) is 9.25. The maximum absolute atomic E-state index is 9.25. The topological polar surface area (TPSA) is 20.2 Å². The Morgan fingerprint density at radius 1 is 0.680 bits per heavy atom. The molecule has 0 aliphatic rings. The average Bonchev–Trinajstić information content (AvgIpc) is 2.69. The van der Waals surface area contributed by atoms with Gasteiger partial charge in [0.2, 0.25) is 0 Å². The molecule has 0 bridgehead atoms. The van der Waals surface area contributed by atoms with E-state index in [2.05, 4.69) is 58.9 Å². The van der Waals surface area contributed by atoms with Gasteiger partial charge < -0.3 is 5.11 Å². The van der Waals surface area contributed by atoms with Crippen LogP contribution in [0.2, 0.25) is 0 Å². The van der Waals surface area contributed by atoms with Gasteiger partial charge in [0, 0.05) is 0 Å². The van der Waals surface area contributed by atoms with Gasteiger partial charge in [0.1, 0.15) is 5.75 Å². The van der Waals surface area contributed by atoms with Crippen molar-refractivity contribution in [3.05, 3.63) is 54.1 Å². The molecule has 2 aromatic rings.